The monoisotopic (exact) mass is 250 g/mol. The maximum Gasteiger partial charge on any atom is 0.206 e. The number of hydrogen-bond donors (Lipinski definition) is 1. The molecule has 5 heteroatoms. The van der Waals surface area contributed by atoms with Crippen LogP contribution in [0.5, 0.6) is 0 Å². The molecule has 0 radical (unpaired) electrons. The molecule has 0 amide bonds. The molecule has 0 aromatic carbocycles. The van der Waals surface area contributed by atoms with Gasteiger partial charge in [0.2, 0.25) is 5.69 Å². The molecular formula is C12H15ClN4. The fraction of sp³-hybridized carbons (Fsp3) is 0.500. The number of aromatic nitrogens is 1. The normalized spacial score (nSPS) is 20.1. The third-order valence-electron chi connectivity index (χ3n) is 2.98. The van der Waals surface area contributed by atoms with Gasteiger partial charge in [-0.1, -0.05) is 18.5 Å². The fourth-order valence-electron chi connectivity index (χ4n) is 2.01. The Balaban J connectivity index is 2.19. The highest BCUT2D eigenvalue weighted by Crippen LogP contribution is 2.28. The van der Waals surface area contributed by atoms with Gasteiger partial charge in [-0.15, -0.1) is 0 Å². The minimum Gasteiger partial charge on any atom is -0.353 e. The highest BCUT2D eigenvalue weighted by Gasteiger charge is 2.20. The van der Waals surface area contributed by atoms with Crippen LogP contribution in [-0.2, 0) is 0 Å². The van der Waals surface area contributed by atoms with Crippen molar-refractivity contribution in [3.63, 3.8) is 0 Å². The van der Waals surface area contributed by atoms with E-state index in [9.17, 15) is 0 Å². The van der Waals surface area contributed by atoms with Crippen LogP contribution in [0.25, 0.3) is 4.85 Å². The second kappa shape index (κ2) is 5.35. The molecule has 1 N–H and O–H groups in total. The Morgan fingerprint density at radius 3 is 3.18 bits per heavy atom. The molecule has 0 aliphatic carbocycles. The van der Waals surface area contributed by atoms with Crippen molar-refractivity contribution in [1.29, 1.82) is 0 Å². The summed E-state index contributed by atoms with van der Waals surface area (Å²) in [5, 5.41) is 4.01. The van der Waals surface area contributed by atoms with Gasteiger partial charge >= 0.3 is 0 Å². The van der Waals surface area contributed by atoms with Gasteiger partial charge in [0.05, 0.1) is 11.6 Å². The first-order valence-electron chi connectivity index (χ1n) is 5.76. The van der Waals surface area contributed by atoms with Crippen LogP contribution in [0.1, 0.15) is 13.3 Å². The summed E-state index contributed by atoms with van der Waals surface area (Å²) in [6.45, 7) is 11.9. The summed E-state index contributed by atoms with van der Waals surface area (Å²) in [6, 6.07) is 2.17. The number of nitrogens with one attached hydrogen (secondary N) is 1. The van der Waals surface area contributed by atoms with E-state index in [-0.39, 0.29) is 0 Å². The van der Waals surface area contributed by atoms with Gasteiger partial charge < -0.3 is 10.2 Å². The second-order valence-electron chi connectivity index (χ2n) is 4.12. The van der Waals surface area contributed by atoms with Crippen molar-refractivity contribution in [1.82, 2.24) is 10.3 Å². The van der Waals surface area contributed by atoms with Crippen LogP contribution in [0.4, 0.5) is 11.5 Å². The summed E-state index contributed by atoms with van der Waals surface area (Å²) in [6.07, 6.45) is 2.67. The Labute approximate surface area is 106 Å². The Hall–Kier alpha value is -1.31. The van der Waals surface area contributed by atoms with E-state index in [1.165, 1.54) is 0 Å². The highest BCUT2D eigenvalue weighted by atomic mass is 35.5. The predicted molar refractivity (Wildman–Crippen MR) is 69.8 cm³/mol. The van der Waals surface area contributed by atoms with Crippen molar-refractivity contribution in [3.05, 3.63) is 28.7 Å². The molecule has 0 bridgehead atoms. The SMILES string of the molecule is [C-]#[N+]c1cnc(N2CCN[C@@H](CC)C2)c(Cl)c1. The van der Waals surface area contributed by atoms with E-state index >= 15 is 0 Å². The molecule has 4 nitrogen and oxygen atoms in total. The molecule has 1 aromatic rings. The number of anilines is 1. The summed E-state index contributed by atoms with van der Waals surface area (Å²) < 4.78 is 0. The van der Waals surface area contributed by atoms with Gasteiger partial charge in [0.1, 0.15) is 5.82 Å². The quantitative estimate of drug-likeness (QED) is 0.819. The highest BCUT2D eigenvalue weighted by molar-refractivity contribution is 6.33. The molecule has 90 valence electrons. The average molecular weight is 251 g/mol. The van der Waals surface area contributed by atoms with Crippen LogP contribution < -0.4 is 10.2 Å². The third kappa shape index (κ3) is 2.68. The van der Waals surface area contributed by atoms with Crippen LogP contribution in [0.15, 0.2) is 12.3 Å². The van der Waals surface area contributed by atoms with Crippen molar-refractivity contribution in [3.8, 4) is 0 Å². The topological polar surface area (TPSA) is 32.5 Å². The van der Waals surface area contributed by atoms with Gasteiger partial charge in [0.15, 0.2) is 0 Å². The molecule has 0 unspecified atom stereocenters. The van der Waals surface area contributed by atoms with Gasteiger partial charge in [0.25, 0.3) is 0 Å². The van der Waals surface area contributed by atoms with Gasteiger partial charge in [-0.05, 0) is 12.5 Å². The molecule has 1 saturated heterocycles. The maximum absolute atomic E-state index is 6.92. The number of halogens is 1. The summed E-state index contributed by atoms with van der Waals surface area (Å²) in [4.78, 5) is 9.80. The molecule has 1 atom stereocenters. The van der Waals surface area contributed by atoms with E-state index in [4.69, 9.17) is 18.2 Å². The van der Waals surface area contributed by atoms with Crippen LogP contribution in [0.2, 0.25) is 5.02 Å². The summed E-state index contributed by atoms with van der Waals surface area (Å²) in [5.41, 5.74) is 0.487. The Bertz CT molecular complexity index is 441. The lowest BCUT2D eigenvalue weighted by Gasteiger charge is -2.34. The minimum absolute atomic E-state index is 0.487. The van der Waals surface area contributed by atoms with Crippen LogP contribution in [0, 0.1) is 6.57 Å². The molecule has 1 aliphatic heterocycles. The minimum atomic E-state index is 0.487. The second-order valence-corrected chi connectivity index (χ2v) is 4.52. The maximum atomic E-state index is 6.92. The molecular weight excluding hydrogens is 236 g/mol. The van der Waals surface area contributed by atoms with E-state index in [2.05, 4.69) is 27.0 Å². The number of rotatable bonds is 2. The van der Waals surface area contributed by atoms with Crippen LogP contribution in [0.3, 0.4) is 0 Å². The molecule has 1 fully saturated rings. The number of nitrogens with zero attached hydrogens (tertiary/aromatic N) is 3. The van der Waals surface area contributed by atoms with Crippen molar-refractivity contribution in [2.24, 2.45) is 0 Å². The average Bonchev–Trinajstić information content (AvgIpc) is 2.38. The van der Waals surface area contributed by atoms with Gasteiger partial charge in [-0.25, -0.2) is 9.83 Å². The van der Waals surface area contributed by atoms with Crippen LogP contribution in [-0.4, -0.2) is 30.7 Å². The zero-order valence-corrected chi connectivity index (χ0v) is 10.5. The van der Waals surface area contributed by atoms with Crippen molar-refractivity contribution < 1.29 is 0 Å². The van der Waals surface area contributed by atoms with Gasteiger partial charge in [0, 0.05) is 31.9 Å². The van der Waals surface area contributed by atoms with E-state index in [1.807, 2.05) is 0 Å². The van der Waals surface area contributed by atoms with Crippen LogP contribution >= 0.6 is 11.6 Å². The zero-order valence-electron chi connectivity index (χ0n) is 9.78. The zero-order chi connectivity index (χ0) is 12.3. The van der Waals surface area contributed by atoms with Crippen molar-refractivity contribution in [2.75, 3.05) is 24.5 Å². The van der Waals surface area contributed by atoms with Gasteiger partial charge in [-0.2, -0.15) is 0 Å². The van der Waals surface area contributed by atoms with Crippen molar-refractivity contribution in [2.45, 2.75) is 19.4 Å². The van der Waals surface area contributed by atoms with Crippen molar-refractivity contribution >= 4 is 23.1 Å². The van der Waals surface area contributed by atoms with Gasteiger partial charge in [-0.3, -0.25) is 0 Å². The molecule has 1 aliphatic rings. The number of hydrogen-bond acceptors (Lipinski definition) is 3. The molecule has 2 rings (SSSR count). The Kier molecular flexibility index (Phi) is 3.82. The molecule has 0 saturated carbocycles. The summed E-state index contributed by atoms with van der Waals surface area (Å²) >= 11 is 6.16. The predicted octanol–water partition coefficient (Wildman–Crippen LogP) is 2.47. The lowest BCUT2D eigenvalue weighted by Crippen LogP contribution is -2.50. The lowest BCUT2D eigenvalue weighted by molar-refractivity contribution is 0.445. The fourth-order valence-corrected chi connectivity index (χ4v) is 2.29. The smallest absolute Gasteiger partial charge is 0.206 e. The molecule has 0 spiro atoms. The number of piperazine rings is 1. The Morgan fingerprint density at radius 1 is 1.71 bits per heavy atom. The van der Waals surface area contributed by atoms with E-state index in [1.54, 1.807) is 12.3 Å². The third-order valence-corrected chi connectivity index (χ3v) is 3.26. The Morgan fingerprint density at radius 2 is 2.53 bits per heavy atom. The van der Waals surface area contributed by atoms with E-state index in [0.29, 0.717) is 16.8 Å². The molecule has 2 heterocycles. The first-order chi connectivity index (χ1) is 8.24. The van der Waals surface area contributed by atoms with E-state index < -0.39 is 0 Å². The first kappa shape index (κ1) is 12.2. The summed E-state index contributed by atoms with van der Waals surface area (Å²) in [7, 11) is 0. The lowest BCUT2D eigenvalue weighted by atomic mass is 10.1. The largest absolute Gasteiger partial charge is 0.353 e. The summed E-state index contributed by atoms with van der Waals surface area (Å²) in [5.74, 6) is 0.791. The van der Waals surface area contributed by atoms with E-state index in [0.717, 1.165) is 31.9 Å². The molecule has 17 heavy (non-hydrogen) atoms. The standard InChI is InChI=1S/C12H15ClN4/c1-3-9-8-17(5-4-15-9)12-11(13)6-10(14-2)7-16-12/h6-7,9,15H,3-5,8H2,1H3/t9-/m0/s1. The first-order valence-corrected chi connectivity index (χ1v) is 6.13. The molecule has 1 aromatic heterocycles. The number of pyridine rings is 1.